The predicted octanol–water partition coefficient (Wildman–Crippen LogP) is 3.09. The molecule has 0 saturated heterocycles. The van der Waals surface area contributed by atoms with Crippen LogP contribution in [-0.4, -0.2) is 33.9 Å². The number of nitrogens with one attached hydrogen (secondary N) is 1. The standard InChI is InChI=1S/C18H27F3N2O3S/c19-18(20,21)16-7-6-14(12-17(16)26-13-15-4-5-15)8-10-23-27(24,25)11-3-1-2-9-22/h6-7,12,15,23H,1-5,8-11,13,22H2. The lowest BCUT2D eigenvalue weighted by Gasteiger charge is -2.15. The SMILES string of the molecule is NCCCCCS(=O)(=O)NCCc1ccc(C(F)(F)F)c(OCC2CC2)c1. The minimum Gasteiger partial charge on any atom is -0.493 e. The van der Waals surface area contributed by atoms with E-state index >= 15 is 0 Å². The van der Waals surface area contributed by atoms with Crippen LogP contribution in [0.15, 0.2) is 18.2 Å². The molecule has 1 fully saturated rings. The highest BCUT2D eigenvalue weighted by atomic mass is 32.2. The monoisotopic (exact) mass is 408 g/mol. The minimum atomic E-state index is -4.48. The van der Waals surface area contributed by atoms with Crippen molar-refractivity contribution in [2.45, 2.75) is 44.7 Å². The number of hydrogen-bond acceptors (Lipinski definition) is 4. The second-order valence-corrected chi connectivity index (χ2v) is 8.82. The summed E-state index contributed by atoms with van der Waals surface area (Å²) < 4.78 is 71.0. The maximum Gasteiger partial charge on any atom is 0.419 e. The molecule has 5 nitrogen and oxygen atoms in total. The highest BCUT2D eigenvalue weighted by Gasteiger charge is 2.35. The Bertz CT molecular complexity index is 704. The van der Waals surface area contributed by atoms with E-state index in [4.69, 9.17) is 10.5 Å². The summed E-state index contributed by atoms with van der Waals surface area (Å²) in [5.41, 5.74) is 5.17. The van der Waals surface area contributed by atoms with Gasteiger partial charge in [0.15, 0.2) is 0 Å². The van der Waals surface area contributed by atoms with E-state index in [0.29, 0.717) is 30.9 Å². The summed E-state index contributed by atoms with van der Waals surface area (Å²) in [6.07, 6.45) is -0.167. The van der Waals surface area contributed by atoms with Crippen LogP contribution in [-0.2, 0) is 22.6 Å². The van der Waals surface area contributed by atoms with E-state index in [9.17, 15) is 21.6 Å². The molecule has 1 aromatic rings. The fraction of sp³-hybridized carbons (Fsp3) is 0.667. The van der Waals surface area contributed by atoms with Gasteiger partial charge in [-0.3, -0.25) is 0 Å². The first-order valence-corrected chi connectivity index (χ1v) is 10.9. The molecule has 0 heterocycles. The fourth-order valence-electron chi connectivity index (χ4n) is 2.60. The Hall–Kier alpha value is -1.32. The van der Waals surface area contributed by atoms with Crippen LogP contribution in [0.5, 0.6) is 5.75 Å². The van der Waals surface area contributed by atoms with Crippen LogP contribution in [0.2, 0.25) is 0 Å². The highest BCUT2D eigenvalue weighted by Crippen LogP contribution is 2.38. The normalized spacial score (nSPS) is 15.1. The Labute approximate surface area is 158 Å². The molecule has 0 atom stereocenters. The third kappa shape index (κ3) is 8.06. The lowest BCUT2D eigenvalue weighted by Crippen LogP contribution is -2.28. The Morgan fingerprint density at radius 1 is 1.19 bits per heavy atom. The van der Waals surface area contributed by atoms with Gasteiger partial charge in [-0.2, -0.15) is 13.2 Å². The van der Waals surface area contributed by atoms with E-state index in [0.717, 1.165) is 31.7 Å². The largest absolute Gasteiger partial charge is 0.493 e. The van der Waals surface area contributed by atoms with Crippen molar-refractivity contribution in [2.75, 3.05) is 25.4 Å². The van der Waals surface area contributed by atoms with E-state index < -0.39 is 21.8 Å². The summed E-state index contributed by atoms with van der Waals surface area (Å²) >= 11 is 0. The maximum atomic E-state index is 13.1. The van der Waals surface area contributed by atoms with Gasteiger partial charge in [0, 0.05) is 6.54 Å². The van der Waals surface area contributed by atoms with Crippen LogP contribution in [0.25, 0.3) is 0 Å². The molecule has 1 aliphatic carbocycles. The summed E-state index contributed by atoms with van der Waals surface area (Å²) in [4.78, 5) is 0. The van der Waals surface area contributed by atoms with Gasteiger partial charge < -0.3 is 10.5 Å². The molecule has 0 aliphatic heterocycles. The van der Waals surface area contributed by atoms with Gasteiger partial charge >= 0.3 is 6.18 Å². The van der Waals surface area contributed by atoms with Gasteiger partial charge in [0.2, 0.25) is 10.0 Å². The van der Waals surface area contributed by atoms with E-state index in [-0.39, 0.29) is 24.7 Å². The molecule has 27 heavy (non-hydrogen) atoms. The molecule has 0 amide bonds. The Morgan fingerprint density at radius 2 is 1.93 bits per heavy atom. The molecule has 1 aromatic carbocycles. The molecule has 154 valence electrons. The number of ether oxygens (including phenoxy) is 1. The minimum absolute atomic E-state index is 0.0236. The number of alkyl halides is 3. The van der Waals surface area contributed by atoms with Crippen LogP contribution in [0.1, 0.15) is 43.2 Å². The number of rotatable bonds is 12. The number of benzene rings is 1. The van der Waals surface area contributed by atoms with Crippen LogP contribution in [0, 0.1) is 5.92 Å². The molecule has 0 aromatic heterocycles. The first-order chi connectivity index (χ1) is 12.7. The van der Waals surface area contributed by atoms with Gasteiger partial charge in [-0.25, -0.2) is 13.1 Å². The summed E-state index contributed by atoms with van der Waals surface area (Å²) in [6, 6.07) is 3.72. The number of nitrogens with two attached hydrogens (primary N) is 1. The summed E-state index contributed by atoms with van der Waals surface area (Å²) in [6.45, 7) is 0.946. The van der Waals surface area contributed by atoms with Gasteiger partial charge in [-0.15, -0.1) is 0 Å². The van der Waals surface area contributed by atoms with Crippen molar-refractivity contribution in [1.29, 1.82) is 0 Å². The van der Waals surface area contributed by atoms with E-state index in [2.05, 4.69) is 4.72 Å². The lowest BCUT2D eigenvalue weighted by atomic mass is 10.1. The van der Waals surface area contributed by atoms with Gasteiger partial charge in [-0.1, -0.05) is 12.5 Å². The molecule has 1 saturated carbocycles. The molecule has 0 radical (unpaired) electrons. The Morgan fingerprint density at radius 3 is 2.56 bits per heavy atom. The second kappa shape index (κ2) is 9.75. The van der Waals surface area contributed by atoms with E-state index in [1.54, 1.807) is 0 Å². The summed E-state index contributed by atoms with van der Waals surface area (Å²) in [5, 5.41) is 0. The maximum absolute atomic E-state index is 13.1. The Balaban J connectivity index is 1.90. The van der Waals surface area contributed by atoms with E-state index in [1.807, 2.05) is 0 Å². The van der Waals surface area contributed by atoms with Gasteiger partial charge in [0.25, 0.3) is 0 Å². The van der Waals surface area contributed by atoms with Gasteiger partial charge in [0.05, 0.1) is 17.9 Å². The summed E-state index contributed by atoms with van der Waals surface area (Å²) in [7, 11) is -3.39. The number of hydrogen-bond donors (Lipinski definition) is 2. The number of unbranched alkanes of at least 4 members (excludes halogenated alkanes) is 2. The highest BCUT2D eigenvalue weighted by molar-refractivity contribution is 7.89. The lowest BCUT2D eigenvalue weighted by molar-refractivity contribution is -0.139. The predicted molar refractivity (Wildman–Crippen MR) is 98.1 cm³/mol. The molecule has 1 aliphatic rings. The molecular weight excluding hydrogens is 381 g/mol. The van der Waals surface area contributed by atoms with Gasteiger partial charge in [-0.05, 0) is 62.3 Å². The number of sulfonamides is 1. The third-order valence-electron chi connectivity index (χ3n) is 4.38. The zero-order valence-corrected chi connectivity index (χ0v) is 16.0. The van der Waals surface area contributed by atoms with Crippen LogP contribution in [0.3, 0.4) is 0 Å². The summed E-state index contributed by atoms with van der Waals surface area (Å²) in [5.74, 6) is 0.174. The molecule has 0 spiro atoms. The van der Waals surface area contributed by atoms with E-state index in [1.165, 1.54) is 12.1 Å². The van der Waals surface area contributed by atoms with Crippen molar-refractivity contribution < 1.29 is 26.3 Å². The zero-order chi connectivity index (χ0) is 19.9. The smallest absolute Gasteiger partial charge is 0.419 e. The molecule has 0 unspecified atom stereocenters. The van der Waals surface area contributed by atoms with Crippen LogP contribution in [0.4, 0.5) is 13.2 Å². The van der Waals surface area contributed by atoms with Crippen LogP contribution < -0.4 is 15.2 Å². The van der Waals surface area contributed by atoms with Crippen molar-refractivity contribution in [3.8, 4) is 5.75 Å². The van der Waals surface area contributed by atoms with Crippen molar-refractivity contribution in [3.63, 3.8) is 0 Å². The molecule has 9 heteroatoms. The fourth-order valence-corrected chi connectivity index (χ4v) is 3.75. The van der Waals surface area contributed by atoms with Crippen molar-refractivity contribution in [1.82, 2.24) is 4.72 Å². The zero-order valence-electron chi connectivity index (χ0n) is 15.2. The first-order valence-electron chi connectivity index (χ1n) is 9.21. The first kappa shape index (κ1) is 22.0. The molecule has 0 bridgehead atoms. The number of halogens is 3. The topological polar surface area (TPSA) is 81.4 Å². The van der Waals surface area contributed by atoms with Gasteiger partial charge in [0.1, 0.15) is 5.75 Å². The molecular formula is C18H27F3N2O3S. The quantitative estimate of drug-likeness (QED) is 0.521. The van der Waals surface area contributed by atoms with Crippen molar-refractivity contribution in [3.05, 3.63) is 29.3 Å². The average Bonchev–Trinajstić information content (AvgIpc) is 3.40. The molecule has 2 rings (SSSR count). The molecule has 3 N–H and O–H groups in total. The third-order valence-corrected chi connectivity index (χ3v) is 5.85. The van der Waals surface area contributed by atoms with Crippen molar-refractivity contribution in [2.24, 2.45) is 11.7 Å². The average molecular weight is 408 g/mol. The van der Waals surface area contributed by atoms with Crippen LogP contribution >= 0.6 is 0 Å². The van der Waals surface area contributed by atoms with Crippen molar-refractivity contribution >= 4 is 10.0 Å². The Kier molecular flexibility index (Phi) is 7.93. The second-order valence-electron chi connectivity index (χ2n) is 6.90.